The first-order valence-corrected chi connectivity index (χ1v) is 10.8. The zero-order valence-electron chi connectivity index (χ0n) is 17.6. The molecule has 1 saturated heterocycles. The van der Waals surface area contributed by atoms with E-state index >= 15 is 0 Å². The molecule has 0 spiro atoms. The van der Waals surface area contributed by atoms with Gasteiger partial charge in [-0.3, -0.25) is 9.69 Å². The molecule has 1 aliphatic rings. The normalized spacial score (nSPS) is 15.2. The second kappa shape index (κ2) is 9.74. The Bertz CT molecular complexity index is 924. The van der Waals surface area contributed by atoms with E-state index in [2.05, 4.69) is 38.7 Å². The van der Waals surface area contributed by atoms with E-state index in [1.165, 1.54) is 5.56 Å². The van der Waals surface area contributed by atoms with Crippen molar-refractivity contribution in [2.24, 2.45) is 0 Å². The van der Waals surface area contributed by atoms with Gasteiger partial charge in [0.1, 0.15) is 0 Å². The van der Waals surface area contributed by atoms with Crippen molar-refractivity contribution in [2.75, 3.05) is 38.0 Å². The van der Waals surface area contributed by atoms with E-state index in [-0.39, 0.29) is 5.91 Å². The Morgan fingerprint density at radius 1 is 0.833 bits per heavy atom. The molecule has 1 N–H and O–H groups in total. The van der Waals surface area contributed by atoms with Crippen LogP contribution in [0.2, 0.25) is 0 Å². The number of rotatable bonds is 7. The van der Waals surface area contributed by atoms with Crippen LogP contribution in [0.4, 0.5) is 5.69 Å². The molecule has 4 rings (SSSR count). The molecule has 156 valence electrons. The van der Waals surface area contributed by atoms with Gasteiger partial charge in [-0.25, -0.2) is 0 Å². The first-order valence-electron chi connectivity index (χ1n) is 10.8. The van der Waals surface area contributed by atoms with Gasteiger partial charge < -0.3 is 14.8 Å². The maximum absolute atomic E-state index is 12.4. The number of nitrogens with one attached hydrogen (secondary N) is 1. The molecule has 0 bridgehead atoms. The molecule has 1 aromatic heterocycles. The predicted molar refractivity (Wildman–Crippen MR) is 122 cm³/mol. The molecule has 2 aromatic carbocycles. The van der Waals surface area contributed by atoms with Gasteiger partial charge in [-0.2, -0.15) is 0 Å². The van der Waals surface area contributed by atoms with E-state index in [0.717, 1.165) is 56.2 Å². The molecule has 3 aromatic rings. The van der Waals surface area contributed by atoms with Crippen molar-refractivity contribution in [1.29, 1.82) is 0 Å². The van der Waals surface area contributed by atoms with E-state index in [4.69, 9.17) is 0 Å². The number of amides is 1. The highest BCUT2D eigenvalue weighted by molar-refractivity contribution is 5.92. The number of hydrogen-bond acceptors (Lipinski definition) is 3. The smallest absolute Gasteiger partial charge is 0.228 e. The average molecular weight is 403 g/mol. The Morgan fingerprint density at radius 2 is 1.43 bits per heavy atom. The number of aromatic nitrogens is 1. The van der Waals surface area contributed by atoms with Crippen molar-refractivity contribution in [3.05, 3.63) is 84.2 Å². The Kier molecular flexibility index (Phi) is 6.62. The van der Waals surface area contributed by atoms with Crippen LogP contribution in [0.25, 0.3) is 5.69 Å². The maximum Gasteiger partial charge on any atom is 0.228 e. The lowest BCUT2D eigenvalue weighted by atomic mass is 10.1. The van der Waals surface area contributed by atoms with Gasteiger partial charge in [0, 0.05) is 56.5 Å². The Morgan fingerprint density at radius 3 is 2.07 bits per heavy atom. The molecule has 5 heteroatoms. The van der Waals surface area contributed by atoms with Crippen LogP contribution in [0, 0.1) is 0 Å². The Balaban J connectivity index is 1.26. The van der Waals surface area contributed by atoms with Crippen molar-refractivity contribution in [3.8, 4) is 5.69 Å². The number of hydrogen-bond donors (Lipinski definition) is 1. The molecule has 1 aliphatic heterocycles. The monoisotopic (exact) mass is 402 g/mol. The minimum Gasteiger partial charge on any atom is -0.326 e. The highest BCUT2D eigenvalue weighted by Crippen LogP contribution is 2.15. The summed E-state index contributed by atoms with van der Waals surface area (Å²) in [6.45, 7) is 8.87. The second-order valence-electron chi connectivity index (χ2n) is 7.89. The Hall–Kier alpha value is -2.89. The van der Waals surface area contributed by atoms with E-state index in [0.29, 0.717) is 6.42 Å². The fourth-order valence-electron chi connectivity index (χ4n) is 3.90. The van der Waals surface area contributed by atoms with Crippen LogP contribution in [-0.2, 0) is 17.8 Å². The minimum atomic E-state index is 0.00662. The van der Waals surface area contributed by atoms with E-state index in [9.17, 15) is 4.79 Å². The number of carbonyl (C=O) groups is 1. The van der Waals surface area contributed by atoms with Crippen LogP contribution in [0.5, 0.6) is 0 Å². The molecule has 0 radical (unpaired) electrons. The summed E-state index contributed by atoms with van der Waals surface area (Å²) in [5, 5.41) is 3.01. The van der Waals surface area contributed by atoms with Crippen molar-refractivity contribution in [3.63, 3.8) is 0 Å². The molecule has 5 nitrogen and oxygen atoms in total. The summed E-state index contributed by atoms with van der Waals surface area (Å²) < 4.78 is 2.05. The minimum absolute atomic E-state index is 0.00662. The topological polar surface area (TPSA) is 40.5 Å². The number of nitrogens with zero attached hydrogens (tertiary/aromatic N) is 3. The fourth-order valence-corrected chi connectivity index (χ4v) is 3.90. The molecular weight excluding hydrogens is 372 g/mol. The van der Waals surface area contributed by atoms with Gasteiger partial charge in [-0.1, -0.05) is 31.2 Å². The number of benzene rings is 2. The fraction of sp³-hybridized carbons (Fsp3) is 0.320. The standard InChI is InChI=1S/C25H30N4O/c1-2-27-15-17-28(18-16-27)20-22-5-9-23(10-6-22)26-25(30)19-21-7-11-24(12-8-21)29-13-3-4-14-29/h3-14H,2,15-20H2,1H3,(H,26,30). The number of likely N-dealkylation sites (N-methyl/N-ethyl adjacent to an activating group) is 1. The highest BCUT2D eigenvalue weighted by atomic mass is 16.1. The van der Waals surface area contributed by atoms with Gasteiger partial charge in [-0.05, 0) is 54.1 Å². The summed E-state index contributed by atoms with van der Waals surface area (Å²) in [6, 6.07) is 20.3. The van der Waals surface area contributed by atoms with E-state index < -0.39 is 0 Å². The van der Waals surface area contributed by atoms with Gasteiger partial charge in [0.15, 0.2) is 0 Å². The third kappa shape index (κ3) is 5.38. The molecule has 2 heterocycles. The zero-order chi connectivity index (χ0) is 20.8. The van der Waals surface area contributed by atoms with Gasteiger partial charge in [0.05, 0.1) is 6.42 Å². The summed E-state index contributed by atoms with van der Waals surface area (Å²) in [4.78, 5) is 17.4. The number of carbonyl (C=O) groups excluding carboxylic acids is 1. The Labute approximate surface area is 178 Å². The summed E-state index contributed by atoms with van der Waals surface area (Å²) in [5.74, 6) is 0.00662. The quantitative estimate of drug-likeness (QED) is 0.654. The van der Waals surface area contributed by atoms with Crippen LogP contribution in [0.15, 0.2) is 73.1 Å². The molecule has 1 amide bonds. The first kappa shape index (κ1) is 20.4. The molecule has 0 atom stereocenters. The first-order chi connectivity index (χ1) is 14.7. The third-order valence-electron chi connectivity index (χ3n) is 5.76. The highest BCUT2D eigenvalue weighted by Gasteiger charge is 2.15. The summed E-state index contributed by atoms with van der Waals surface area (Å²) >= 11 is 0. The van der Waals surface area contributed by atoms with Crippen molar-refractivity contribution in [1.82, 2.24) is 14.4 Å². The third-order valence-corrected chi connectivity index (χ3v) is 5.76. The zero-order valence-corrected chi connectivity index (χ0v) is 17.6. The van der Waals surface area contributed by atoms with Gasteiger partial charge in [0.2, 0.25) is 5.91 Å². The van der Waals surface area contributed by atoms with E-state index in [1.54, 1.807) is 0 Å². The van der Waals surface area contributed by atoms with Crippen LogP contribution >= 0.6 is 0 Å². The molecule has 0 unspecified atom stereocenters. The summed E-state index contributed by atoms with van der Waals surface area (Å²) in [5.41, 5.74) is 4.24. The predicted octanol–water partition coefficient (Wildman–Crippen LogP) is 3.80. The molecular formula is C25H30N4O. The largest absolute Gasteiger partial charge is 0.326 e. The number of piperazine rings is 1. The van der Waals surface area contributed by atoms with Crippen LogP contribution in [-0.4, -0.2) is 53.0 Å². The van der Waals surface area contributed by atoms with Gasteiger partial charge in [-0.15, -0.1) is 0 Å². The molecule has 30 heavy (non-hydrogen) atoms. The van der Waals surface area contributed by atoms with Crippen LogP contribution < -0.4 is 5.32 Å². The molecule has 0 saturated carbocycles. The molecule has 0 aliphatic carbocycles. The average Bonchev–Trinajstić information content (AvgIpc) is 3.31. The van der Waals surface area contributed by atoms with E-state index in [1.807, 2.05) is 60.9 Å². The summed E-state index contributed by atoms with van der Waals surface area (Å²) in [6.07, 6.45) is 4.39. The lowest BCUT2D eigenvalue weighted by Crippen LogP contribution is -2.45. The number of anilines is 1. The van der Waals surface area contributed by atoms with Crippen molar-refractivity contribution in [2.45, 2.75) is 19.9 Å². The van der Waals surface area contributed by atoms with Crippen molar-refractivity contribution < 1.29 is 4.79 Å². The summed E-state index contributed by atoms with van der Waals surface area (Å²) in [7, 11) is 0. The van der Waals surface area contributed by atoms with Crippen LogP contribution in [0.1, 0.15) is 18.1 Å². The van der Waals surface area contributed by atoms with Crippen LogP contribution in [0.3, 0.4) is 0 Å². The van der Waals surface area contributed by atoms with Crippen molar-refractivity contribution >= 4 is 11.6 Å². The SMILES string of the molecule is CCN1CCN(Cc2ccc(NC(=O)Cc3ccc(-n4cccc4)cc3)cc2)CC1. The lowest BCUT2D eigenvalue weighted by Gasteiger charge is -2.34. The lowest BCUT2D eigenvalue weighted by molar-refractivity contribution is -0.115. The molecule has 1 fully saturated rings. The van der Waals surface area contributed by atoms with Gasteiger partial charge >= 0.3 is 0 Å². The second-order valence-corrected chi connectivity index (χ2v) is 7.89. The van der Waals surface area contributed by atoms with Gasteiger partial charge in [0.25, 0.3) is 0 Å². The maximum atomic E-state index is 12.4.